The van der Waals surface area contributed by atoms with Gasteiger partial charge in [0.25, 0.3) is 15.9 Å². The van der Waals surface area contributed by atoms with E-state index in [1.54, 1.807) is 18.3 Å². The van der Waals surface area contributed by atoms with Gasteiger partial charge in [-0.1, -0.05) is 37.5 Å². The number of aliphatic imine (C=N–C) groups is 1. The molecule has 0 aliphatic heterocycles. The third kappa shape index (κ3) is 5.71. The molecule has 1 heterocycles. The van der Waals surface area contributed by atoms with Crippen molar-refractivity contribution in [2.75, 3.05) is 0 Å². The van der Waals surface area contributed by atoms with E-state index >= 15 is 0 Å². The number of pyridine rings is 1. The van der Waals surface area contributed by atoms with Crippen LogP contribution in [0.4, 0.5) is 4.79 Å². The van der Waals surface area contributed by atoms with Crippen LogP contribution in [0.1, 0.15) is 42.5 Å². The molecule has 1 fully saturated rings. The number of benzene rings is 1. The van der Waals surface area contributed by atoms with Crippen LogP contribution in [0.5, 0.6) is 0 Å². The Morgan fingerprint density at radius 3 is 2.47 bits per heavy atom. The van der Waals surface area contributed by atoms with Crippen LogP contribution in [-0.4, -0.2) is 37.3 Å². The highest BCUT2D eigenvalue weighted by Gasteiger charge is 2.26. The lowest BCUT2D eigenvalue weighted by Gasteiger charge is -2.23. The third-order valence-corrected chi connectivity index (χ3v) is 6.73. The van der Waals surface area contributed by atoms with Crippen LogP contribution in [-0.2, 0) is 10.0 Å². The molecule has 3 rings (SSSR count). The van der Waals surface area contributed by atoms with Crippen LogP contribution in [0, 0.1) is 4.64 Å². The fourth-order valence-corrected chi connectivity index (χ4v) is 4.96. The number of nitrogens with zero attached hydrogens (tertiary/aromatic N) is 1. The number of nitrogens with two attached hydrogens (primary N) is 2. The Hall–Kier alpha value is -3.25. The summed E-state index contributed by atoms with van der Waals surface area (Å²) in [6, 6.07) is 6.28. The van der Waals surface area contributed by atoms with Crippen molar-refractivity contribution in [3.05, 3.63) is 46.7 Å². The number of rotatable bonds is 5. The van der Waals surface area contributed by atoms with Gasteiger partial charge in [0.2, 0.25) is 0 Å². The van der Waals surface area contributed by atoms with Gasteiger partial charge in [-0.15, -0.1) is 0 Å². The largest absolute Gasteiger partial charge is 0.370 e. The average Bonchev–Trinajstić information content (AvgIpc) is 2.73. The van der Waals surface area contributed by atoms with Gasteiger partial charge in [0.05, 0.1) is 4.90 Å². The summed E-state index contributed by atoms with van der Waals surface area (Å²) in [5, 5.41) is 2.70. The van der Waals surface area contributed by atoms with E-state index in [9.17, 15) is 18.0 Å². The van der Waals surface area contributed by atoms with Crippen molar-refractivity contribution in [2.24, 2.45) is 16.5 Å². The van der Waals surface area contributed by atoms with Crippen molar-refractivity contribution in [3.8, 4) is 11.1 Å². The minimum Gasteiger partial charge on any atom is -0.370 e. The lowest BCUT2D eigenvalue weighted by molar-refractivity contribution is 0.100. The summed E-state index contributed by atoms with van der Waals surface area (Å²) in [5.74, 6) is -1.28. The normalized spacial score (nSPS) is 14.4. The molecular formula is C20H24N6O4S2. The molecule has 0 bridgehead atoms. The van der Waals surface area contributed by atoms with Crippen molar-refractivity contribution in [3.63, 3.8) is 0 Å². The molecule has 0 spiro atoms. The zero-order valence-corrected chi connectivity index (χ0v) is 18.8. The van der Waals surface area contributed by atoms with E-state index in [4.69, 9.17) is 23.7 Å². The van der Waals surface area contributed by atoms with Crippen molar-refractivity contribution >= 4 is 40.1 Å². The molecule has 0 radical (unpaired) electrons. The van der Waals surface area contributed by atoms with Crippen LogP contribution in [0.15, 0.2) is 46.4 Å². The molecule has 12 heteroatoms. The number of hydrogen-bond acceptors (Lipinski definition) is 5. The van der Waals surface area contributed by atoms with Crippen molar-refractivity contribution < 1.29 is 18.0 Å². The summed E-state index contributed by atoms with van der Waals surface area (Å²) >= 11 is 5.28. The highest BCUT2D eigenvalue weighted by molar-refractivity contribution is 7.90. The maximum absolute atomic E-state index is 13.2. The Kier molecular flexibility index (Phi) is 7.26. The first-order valence-electron chi connectivity index (χ1n) is 9.97. The van der Waals surface area contributed by atoms with Crippen LogP contribution >= 0.6 is 12.2 Å². The second kappa shape index (κ2) is 9.92. The SMILES string of the molecule is NC(N)=NC(=O)c1ccc(-c2ccc[nH]c2=S)c(S(=O)(=O)NC(=O)NC2CCCCC2)c1. The standard InChI is InChI=1S/C20H24N6O4S2/c21-19(22)25-17(27)12-8-9-14(15-7-4-10-23-18(15)31)16(11-12)32(29,30)26-20(28)24-13-5-2-1-3-6-13/h4,7-11,13H,1-3,5-6H2,(H,23,31)(H2,24,26,28)(H4,21,22,25,27). The number of aromatic nitrogens is 1. The van der Waals surface area contributed by atoms with Gasteiger partial charge in [0.1, 0.15) is 4.64 Å². The van der Waals surface area contributed by atoms with E-state index in [0.717, 1.165) is 38.2 Å². The molecular weight excluding hydrogens is 452 g/mol. The highest BCUT2D eigenvalue weighted by Crippen LogP contribution is 2.29. The van der Waals surface area contributed by atoms with Gasteiger partial charge < -0.3 is 21.8 Å². The maximum atomic E-state index is 13.2. The Bertz CT molecular complexity index is 1210. The molecule has 0 unspecified atom stereocenters. The van der Waals surface area contributed by atoms with E-state index in [1.807, 2.05) is 4.72 Å². The number of nitrogens with one attached hydrogen (secondary N) is 3. The molecule has 1 saturated carbocycles. The number of guanidine groups is 1. The summed E-state index contributed by atoms with van der Waals surface area (Å²) in [6.07, 6.45) is 6.23. The van der Waals surface area contributed by atoms with Gasteiger partial charge in [0, 0.05) is 28.9 Å². The van der Waals surface area contributed by atoms with E-state index in [2.05, 4.69) is 15.3 Å². The molecule has 3 amide bonds. The predicted octanol–water partition coefficient (Wildman–Crippen LogP) is 2.15. The van der Waals surface area contributed by atoms with Crippen molar-refractivity contribution in [1.29, 1.82) is 0 Å². The number of carbonyl (C=O) groups excluding carboxylic acids is 2. The number of carbonyl (C=O) groups is 2. The van der Waals surface area contributed by atoms with Gasteiger partial charge in [-0.3, -0.25) is 4.79 Å². The summed E-state index contributed by atoms with van der Waals surface area (Å²) in [7, 11) is -4.38. The molecule has 0 atom stereocenters. The average molecular weight is 477 g/mol. The summed E-state index contributed by atoms with van der Waals surface area (Å²) in [5.41, 5.74) is 11.1. The number of aromatic amines is 1. The molecule has 1 aliphatic carbocycles. The zero-order valence-electron chi connectivity index (χ0n) is 17.1. The molecule has 32 heavy (non-hydrogen) atoms. The lowest BCUT2D eigenvalue weighted by Crippen LogP contribution is -2.45. The molecule has 10 nitrogen and oxygen atoms in total. The third-order valence-electron chi connectivity index (χ3n) is 5.02. The molecule has 1 aliphatic rings. The summed E-state index contributed by atoms with van der Waals surface area (Å²) < 4.78 is 28.7. The first-order valence-corrected chi connectivity index (χ1v) is 11.9. The smallest absolute Gasteiger partial charge is 0.328 e. The lowest BCUT2D eigenvalue weighted by atomic mass is 9.96. The predicted molar refractivity (Wildman–Crippen MR) is 123 cm³/mol. The van der Waals surface area contributed by atoms with Crippen LogP contribution in [0.25, 0.3) is 11.1 Å². The van der Waals surface area contributed by atoms with E-state index in [-0.39, 0.29) is 22.1 Å². The van der Waals surface area contributed by atoms with Gasteiger partial charge in [0.15, 0.2) is 5.96 Å². The number of hydrogen-bond donors (Lipinski definition) is 5. The Balaban J connectivity index is 2.01. The van der Waals surface area contributed by atoms with Crippen LogP contribution in [0.2, 0.25) is 0 Å². The molecule has 2 aromatic rings. The van der Waals surface area contributed by atoms with Crippen LogP contribution in [0.3, 0.4) is 0 Å². The first-order chi connectivity index (χ1) is 15.2. The molecule has 1 aromatic heterocycles. The van der Waals surface area contributed by atoms with E-state index < -0.39 is 27.9 Å². The number of amides is 3. The van der Waals surface area contributed by atoms with Crippen molar-refractivity contribution in [2.45, 2.75) is 43.0 Å². The Labute approximate surface area is 190 Å². The summed E-state index contributed by atoms with van der Waals surface area (Å²) in [6.45, 7) is 0. The van der Waals surface area contributed by atoms with Gasteiger partial charge in [-0.05, 0) is 37.1 Å². The van der Waals surface area contributed by atoms with E-state index in [0.29, 0.717) is 10.2 Å². The Morgan fingerprint density at radius 2 is 1.81 bits per heavy atom. The Morgan fingerprint density at radius 1 is 1.09 bits per heavy atom. The topological polar surface area (TPSA) is 173 Å². The monoisotopic (exact) mass is 476 g/mol. The number of H-pyrrole nitrogens is 1. The fourth-order valence-electron chi connectivity index (χ4n) is 3.55. The number of urea groups is 1. The first kappa shape index (κ1) is 23.4. The highest BCUT2D eigenvalue weighted by atomic mass is 32.2. The molecule has 7 N–H and O–H groups in total. The molecule has 170 valence electrons. The minimum absolute atomic E-state index is 0.0685. The minimum atomic E-state index is -4.38. The second-order valence-electron chi connectivity index (χ2n) is 7.38. The molecule has 1 aromatic carbocycles. The van der Waals surface area contributed by atoms with E-state index in [1.165, 1.54) is 12.1 Å². The summed E-state index contributed by atoms with van der Waals surface area (Å²) in [4.78, 5) is 30.7. The number of sulfonamides is 1. The van der Waals surface area contributed by atoms with Gasteiger partial charge in [-0.25, -0.2) is 17.9 Å². The zero-order chi connectivity index (χ0) is 23.3. The fraction of sp³-hybridized carbons (Fsp3) is 0.300. The van der Waals surface area contributed by atoms with Crippen LogP contribution < -0.4 is 21.5 Å². The second-order valence-corrected chi connectivity index (χ2v) is 9.44. The quantitative estimate of drug-likeness (QED) is 0.250. The van der Waals surface area contributed by atoms with Crippen molar-refractivity contribution in [1.82, 2.24) is 15.0 Å². The molecule has 0 saturated heterocycles. The maximum Gasteiger partial charge on any atom is 0.328 e. The van der Waals surface area contributed by atoms with Gasteiger partial charge >= 0.3 is 6.03 Å². The van der Waals surface area contributed by atoms with Gasteiger partial charge in [-0.2, -0.15) is 4.99 Å².